The van der Waals surface area contributed by atoms with Gasteiger partial charge in [0, 0.05) is 12.1 Å². The Morgan fingerprint density at radius 2 is 1.56 bits per heavy atom. The van der Waals surface area contributed by atoms with Crippen LogP contribution >= 0.6 is 11.3 Å². The smallest absolute Gasteiger partial charge is 0.280 e. The molecule has 0 unspecified atom stereocenters. The molecule has 0 aliphatic rings. The number of hydrogen-bond acceptors (Lipinski definition) is 5. The molecule has 4 rings (SSSR count). The fourth-order valence-corrected chi connectivity index (χ4v) is 4.59. The summed E-state index contributed by atoms with van der Waals surface area (Å²) in [5.74, 6) is -0.715. The Kier molecular flexibility index (Phi) is 6.13. The van der Waals surface area contributed by atoms with E-state index < -0.39 is 10.0 Å². The number of benzene rings is 3. The summed E-state index contributed by atoms with van der Waals surface area (Å²) in [5.41, 5.74) is 2.74. The standard InChI is InChI=1S/C23H18FN3O3S2/c24-18-10-6-17(7-11-18)21-20(16-8-12-19(13-9-16)32(25,29)30)27-23(31-21)22(28)26-14-15-4-2-1-3-5-15/h1-13H,14H2,(H,26,28)(H2,25,29,30). The molecule has 0 saturated carbocycles. The molecular formula is C23H18FN3O3S2. The first-order valence-electron chi connectivity index (χ1n) is 9.53. The zero-order chi connectivity index (χ0) is 22.7. The van der Waals surface area contributed by atoms with Gasteiger partial charge in [-0.15, -0.1) is 11.3 Å². The maximum absolute atomic E-state index is 13.4. The van der Waals surface area contributed by atoms with Gasteiger partial charge in [0.25, 0.3) is 5.91 Å². The molecule has 0 radical (unpaired) electrons. The van der Waals surface area contributed by atoms with Gasteiger partial charge >= 0.3 is 0 Å². The van der Waals surface area contributed by atoms with Gasteiger partial charge in [-0.3, -0.25) is 4.79 Å². The van der Waals surface area contributed by atoms with Gasteiger partial charge < -0.3 is 5.32 Å². The van der Waals surface area contributed by atoms with E-state index in [1.54, 1.807) is 24.3 Å². The van der Waals surface area contributed by atoms with Crippen molar-refractivity contribution in [1.82, 2.24) is 10.3 Å². The molecule has 1 heterocycles. The van der Waals surface area contributed by atoms with Crippen molar-refractivity contribution in [2.24, 2.45) is 5.14 Å². The Morgan fingerprint density at radius 1 is 0.938 bits per heavy atom. The molecule has 1 aromatic heterocycles. The van der Waals surface area contributed by atoms with E-state index in [-0.39, 0.29) is 21.6 Å². The van der Waals surface area contributed by atoms with Crippen molar-refractivity contribution in [2.75, 3.05) is 0 Å². The highest BCUT2D eigenvalue weighted by atomic mass is 32.2. The van der Waals surface area contributed by atoms with Crippen LogP contribution in [-0.2, 0) is 16.6 Å². The van der Waals surface area contributed by atoms with Gasteiger partial charge in [-0.25, -0.2) is 22.9 Å². The van der Waals surface area contributed by atoms with Crippen molar-refractivity contribution < 1.29 is 17.6 Å². The fourth-order valence-electron chi connectivity index (χ4n) is 3.07. The highest BCUT2D eigenvalue weighted by molar-refractivity contribution is 7.89. The summed E-state index contributed by atoms with van der Waals surface area (Å²) in [6, 6.07) is 21.3. The van der Waals surface area contributed by atoms with E-state index >= 15 is 0 Å². The summed E-state index contributed by atoms with van der Waals surface area (Å²) < 4.78 is 36.6. The SMILES string of the molecule is NS(=O)(=O)c1ccc(-c2nc(C(=O)NCc3ccccc3)sc2-c2ccc(F)cc2)cc1. The lowest BCUT2D eigenvalue weighted by atomic mass is 10.1. The normalized spacial score (nSPS) is 11.3. The van der Waals surface area contributed by atoms with E-state index in [1.807, 2.05) is 30.3 Å². The van der Waals surface area contributed by atoms with Gasteiger partial charge in [-0.1, -0.05) is 54.6 Å². The molecule has 3 N–H and O–H groups in total. The zero-order valence-electron chi connectivity index (χ0n) is 16.7. The van der Waals surface area contributed by atoms with E-state index in [0.29, 0.717) is 28.2 Å². The first-order valence-corrected chi connectivity index (χ1v) is 11.9. The number of carbonyl (C=O) groups excluding carboxylic acids is 1. The highest BCUT2D eigenvalue weighted by Gasteiger charge is 2.20. The van der Waals surface area contributed by atoms with Crippen molar-refractivity contribution in [3.05, 3.63) is 95.3 Å². The van der Waals surface area contributed by atoms with Crippen LogP contribution in [0.5, 0.6) is 0 Å². The van der Waals surface area contributed by atoms with E-state index in [0.717, 1.165) is 5.56 Å². The lowest BCUT2D eigenvalue weighted by Gasteiger charge is -2.04. The lowest BCUT2D eigenvalue weighted by Crippen LogP contribution is -2.22. The minimum absolute atomic E-state index is 0.0272. The van der Waals surface area contributed by atoms with E-state index in [4.69, 9.17) is 5.14 Å². The Morgan fingerprint density at radius 3 is 2.19 bits per heavy atom. The number of thiazole rings is 1. The Balaban J connectivity index is 1.70. The molecule has 4 aromatic rings. The molecule has 3 aromatic carbocycles. The summed E-state index contributed by atoms with van der Waals surface area (Å²) in [6.45, 7) is 0.351. The number of nitrogens with two attached hydrogens (primary N) is 1. The first-order chi connectivity index (χ1) is 15.3. The highest BCUT2D eigenvalue weighted by Crippen LogP contribution is 2.37. The van der Waals surface area contributed by atoms with Crippen LogP contribution in [0, 0.1) is 5.82 Å². The summed E-state index contributed by atoms with van der Waals surface area (Å²) in [6.07, 6.45) is 0. The van der Waals surface area contributed by atoms with Crippen LogP contribution in [0.15, 0.2) is 83.8 Å². The Labute approximate surface area is 188 Å². The topological polar surface area (TPSA) is 102 Å². The average molecular weight is 468 g/mol. The molecule has 32 heavy (non-hydrogen) atoms. The van der Waals surface area contributed by atoms with Crippen LogP contribution in [0.1, 0.15) is 15.4 Å². The van der Waals surface area contributed by atoms with Gasteiger partial charge in [0.05, 0.1) is 15.5 Å². The molecular weight excluding hydrogens is 449 g/mol. The first kappa shape index (κ1) is 21.8. The minimum Gasteiger partial charge on any atom is -0.346 e. The molecule has 0 aliphatic heterocycles. The van der Waals surface area contributed by atoms with Gasteiger partial charge in [0.15, 0.2) is 5.01 Å². The summed E-state index contributed by atoms with van der Waals surface area (Å²) in [4.78, 5) is 17.9. The molecule has 0 fully saturated rings. The van der Waals surface area contributed by atoms with Crippen molar-refractivity contribution in [3.63, 3.8) is 0 Å². The second-order valence-electron chi connectivity index (χ2n) is 6.94. The lowest BCUT2D eigenvalue weighted by molar-refractivity contribution is 0.0950. The molecule has 9 heteroatoms. The van der Waals surface area contributed by atoms with Crippen LogP contribution in [0.25, 0.3) is 21.7 Å². The monoisotopic (exact) mass is 467 g/mol. The van der Waals surface area contributed by atoms with Gasteiger partial charge in [-0.05, 0) is 35.4 Å². The Hall–Kier alpha value is -3.40. The number of hydrogen-bond donors (Lipinski definition) is 2. The number of nitrogens with one attached hydrogen (secondary N) is 1. The third-order valence-electron chi connectivity index (χ3n) is 4.68. The third kappa shape index (κ3) is 4.91. The molecule has 0 saturated heterocycles. The van der Waals surface area contributed by atoms with Gasteiger partial charge in [0.2, 0.25) is 10.0 Å². The number of halogens is 1. The van der Waals surface area contributed by atoms with Crippen molar-refractivity contribution in [3.8, 4) is 21.7 Å². The number of aromatic nitrogens is 1. The van der Waals surface area contributed by atoms with E-state index in [2.05, 4.69) is 10.3 Å². The maximum Gasteiger partial charge on any atom is 0.280 e. The third-order valence-corrected chi connectivity index (χ3v) is 6.71. The minimum atomic E-state index is -3.83. The molecule has 0 bridgehead atoms. The fraction of sp³-hybridized carbons (Fsp3) is 0.0435. The van der Waals surface area contributed by atoms with Crippen LogP contribution in [0.2, 0.25) is 0 Å². The Bertz CT molecular complexity index is 1350. The molecule has 0 atom stereocenters. The van der Waals surface area contributed by atoms with Crippen LogP contribution < -0.4 is 10.5 Å². The van der Waals surface area contributed by atoms with Crippen molar-refractivity contribution in [2.45, 2.75) is 11.4 Å². The van der Waals surface area contributed by atoms with Crippen molar-refractivity contribution >= 4 is 27.3 Å². The zero-order valence-corrected chi connectivity index (χ0v) is 18.3. The predicted octanol–water partition coefficient (Wildman–Crippen LogP) is 4.19. The summed E-state index contributed by atoms with van der Waals surface area (Å²) >= 11 is 1.18. The number of amides is 1. The molecule has 0 aliphatic carbocycles. The number of rotatable bonds is 6. The summed E-state index contributed by atoms with van der Waals surface area (Å²) in [7, 11) is -3.83. The van der Waals surface area contributed by atoms with Gasteiger partial charge in [0.1, 0.15) is 5.82 Å². The molecule has 162 valence electrons. The maximum atomic E-state index is 13.4. The number of nitrogens with zero attached hydrogens (tertiary/aromatic N) is 1. The second kappa shape index (κ2) is 8.99. The van der Waals surface area contributed by atoms with Crippen LogP contribution in [0.4, 0.5) is 4.39 Å². The molecule has 0 spiro atoms. The van der Waals surface area contributed by atoms with Crippen molar-refractivity contribution in [1.29, 1.82) is 0 Å². The number of carbonyl (C=O) groups is 1. The molecule has 6 nitrogen and oxygen atoms in total. The quantitative estimate of drug-likeness (QED) is 0.444. The average Bonchev–Trinajstić information content (AvgIpc) is 3.24. The molecule has 1 amide bonds. The van der Waals surface area contributed by atoms with Crippen LogP contribution in [-0.4, -0.2) is 19.3 Å². The van der Waals surface area contributed by atoms with E-state index in [1.165, 1.54) is 35.6 Å². The van der Waals surface area contributed by atoms with Gasteiger partial charge in [-0.2, -0.15) is 0 Å². The second-order valence-corrected chi connectivity index (χ2v) is 9.50. The summed E-state index contributed by atoms with van der Waals surface area (Å²) in [5, 5.41) is 8.27. The number of sulfonamides is 1. The predicted molar refractivity (Wildman–Crippen MR) is 122 cm³/mol. The van der Waals surface area contributed by atoms with E-state index in [9.17, 15) is 17.6 Å². The van der Waals surface area contributed by atoms with Crippen LogP contribution in [0.3, 0.4) is 0 Å². The number of primary sulfonamides is 1. The largest absolute Gasteiger partial charge is 0.346 e.